The SMILES string of the molecule is Cc1cc(C(=O)NCC2(C(F)(F)F)CCC2)ccc1NC(=O)CC(C)C. The molecule has 1 aliphatic rings. The lowest BCUT2D eigenvalue weighted by Gasteiger charge is -2.43. The van der Waals surface area contributed by atoms with Crippen LogP contribution in [0.2, 0.25) is 0 Å². The fourth-order valence-corrected chi connectivity index (χ4v) is 3.03. The number of carbonyl (C=O) groups is 2. The Morgan fingerprint density at radius 3 is 2.35 bits per heavy atom. The average Bonchev–Trinajstić information content (AvgIpc) is 2.45. The first-order valence-electron chi connectivity index (χ1n) is 8.79. The molecule has 4 nitrogen and oxygen atoms in total. The summed E-state index contributed by atoms with van der Waals surface area (Å²) in [5, 5.41) is 5.20. The summed E-state index contributed by atoms with van der Waals surface area (Å²) >= 11 is 0. The summed E-state index contributed by atoms with van der Waals surface area (Å²) in [5.74, 6) is -0.422. The molecule has 0 bridgehead atoms. The van der Waals surface area contributed by atoms with Crippen LogP contribution in [0.15, 0.2) is 18.2 Å². The number of carbonyl (C=O) groups excluding carboxylic acids is 2. The van der Waals surface area contributed by atoms with E-state index in [1.165, 1.54) is 6.07 Å². The third-order valence-corrected chi connectivity index (χ3v) is 4.86. The van der Waals surface area contributed by atoms with Gasteiger partial charge in [-0.05, 0) is 49.4 Å². The first-order valence-corrected chi connectivity index (χ1v) is 8.79. The Bertz CT molecular complexity index is 680. The van der Waals surface area contributed by atoms with Gasteiger partial charge in [0.2, 0.25) is 5.91 Å². The van der Waals surface area contributed by atoms with Gasteiger partial charge in [0.15, 0.2) is 0 Å². The van der Waals surface area contributed by atoms with Crippen molar-refractivity contribution in [1.29, 1.82) is 0 Å². The van der Waals surface area contributed by atoms with E-state index in [1.807, 2.05) is 13.8 Å². The van der Waals surface area contributed by atoms with Crippen LogP contribution in [0.5, 0.6) is 0 Å². The van der Waals surface area contributed by atoms with Crippen molar-refractivity contribution in [1.82, 2.24) is 5.32 Å². The molecule has 26 heavy (non-hydrogen) atoms. The van der Waals surface area contributed by atoms with Crippen LogP contribution in [-0.2, 0) is 4.79 Å². The van der Waals surface area contributed by atoms with Crippen molar-refractivity contribution in [2.45, 2.75) is 52.6 Å². The van der Waals surface area contributed by atoms with Crippen LogP contribution in [0.1, 0.15) is 55.5 Å². The highest BCUT2D eigenvalue weighted by atomic mass is 19.4. The van der Waals surface area contributed by atoms with Gasteiger partial charge < -0.3 is 10.6 Å². The maximum absolute atomic E-state index is 13.1. The lowest BCUT2D eigenvalue weighted by atomic mass is 9.68. The van der Waals surface area contributed by atoms with Crippen molar-refractivity contribution in [3.8, 4) is 0 Å². The van der Waals surface area contributed by atoms with Gasteiger partial charge in [-0.1, -0.05) is 20.3 Å². The van der Waals surface area contributed by atoms with Crippen molar-refractivity contribution in [3.05, 3.63) is 29.3 Å². The second-order valence-electron chi connectivity index (χ2n) is 7.49. The molecular weight excluding hydrogens is 345 g/mol. The quantitative estimate of drug-likeness (QED) is 0.778. The molecule has 0 unspecified atom stereocenters. The summed E-state index contributed by atoms with van der Waals surface area (Å²) in [5.41, 5.74) is -0.231. The number of nitrogens with one attached hydrogen (secondary N) is 2. The number of alkyl halides is 3. The highest BCUT2D eigenvalue weighted by molar-refractivity contribution is 5.96. The van der Waals surface area contributed by atoms with E-state index in [2.05, 4.69) is 10.6 Å². The van der Waals surface area contributed by atoms with E-state index in [0.717, 1.165) is 0 Å². The Balaban J connectivity index is 2.00. The van der Waals surface area contributed by atoms with Crippen LogP contribution < -0.4 is 10.6 Å². The topological polar surface area (TPSA) is 58.2 Å². The van der Waals surface area contributed by atoms with Crippen LogP contribution in [0.25, 0.3) is 0 Å². The van der Waals surface area contributed by atoms with Gasteiger partial charge in [0, 0.05) is 24.2 Å². The smallest absolute Gasteiger partial charge is 0.351 e. The molecule has 7 heteroatoms. The number of hydrogen-bond acceptors (Lipinski definition) is 2. The number of hydrogen-bond donors (Lipinski definition) is 2. The van der Waals surface area contributed by atoms with Gasteiger partial charge in [-0.25, -0.2) is 0 Å². The second kappa shape index (κ2) is 7.68. The summed E-state index contributed by atoms with van der Waals surface area (Å²) in [7, 11) is 0. The van der Waals surface area contributed by atoms with Crippen molar-refractivity contribution < 1.29 is 22.8 Å². The van der Waals surface area contributed by atoms with E-state index < -0.39 is 24.0 Å². The first-order chi connectivity index (χ1) is 12.0. The van der Waals surface area contributed by atoms with Gasteiger partial charge in [-0.15, -0.1) is 0 Å². The van der Waals surface area contributed by atoms with E-state index in [4.69, 9.17) is 0 Å². The highest BCUT2D eigenvalue weighted by Crippen LogP contribution is 2.52. The zero-order valence-electron chi connectivity index (χ0n) is 15.3. The molecule has 2 N–H and O–H groups in total. The van der Waals surface area contributed by atoms with Crippen LogP contribution in [0.4, 0.5) is 18.9 Å². The summed E-state index contributed by atoms with van der Waals surface area (Å²) < 4.78 is 39.4. The number of rotatable bonds is 6. The number of amides is 2. The normalized spacial score (nSPS) is 16.1. The maximum atomic E-state index is 13.1. The van der Waals surface area contributed by atoms with E-state index in [1.54, 1.807) is 19.1 Å². The van der Waals surface area contributed by atoms with Crippen molar-refractivity contribution in [2.24, 2.45) is 11.3 Å². The molecule has 2 rings (SSSR count). The largest absolute Gasteiger partial charge is 0.396 e. The minimum Gasteiger partial charge on any atom is -0.351 e. The Labute approximate surface area is 151 Å². The molecule has 1 aromatic carbocycles. The molecule has 0 atom stereocenters. The zero-order chi connectivity index (χ0) is 19.5. The zero-order valence-corrected chi connectivity index (χ0v) is 15.3. The highest BCUT2D eigenvalue weighted by Gasteiger charge is 2.58. The molecule has 2 amide bonds. The summed E-state index contributed by atoms with van der Waals surface area (Å²) in [6, 6.07) is 4.68. The summed E-state index contributed by atoms with van der Waals surface area (Å²) in [4.78, 5) is 24.1. The Morgan fingerprint density at radius 2 is 1.88 bits per heavy atom. The molecule has 0 heterocycles. The first kappa shape index (κ1) is 20.3. The van der Waals surface area contributed by atoms with E-state index >= 15 is 0 Å². The van der Waals surface area contributed by atoms with E-state index in [9.17, 15) is 22.8 Å². The fourth-order valence-electron chi connectivity index (χ4n) is 3.03. The maximum Gasteiger partial charge on any atom is 0.396 e. The third kappa shape index (κ3) is 4.56. The minimum atomic E-state index is -4.31. The van der Waals surface area contributed by atoms with Gasteiger partial charge in [0.05, 0.1) is 5.41 Å². The molecule has 144 valence electrons. The van der Waals surface area contributed by atoms with Gasteiger partial charge in [-0.2, -0.15) is 13.2 Å². The Kier molecular flexibility index (Phi) is 5.98. The van der Waals surface area contributed by atoms with Crippen LogP contribution in [0, 0.1) is 18.3 Å². The number of aryl methyl sites for hydroxylation is 1. The molecular formula is C19H25F3N2O2. The third-order valence-electron chi connectivity index (χ3n) is 4.86. The van der Waals surface area contributed by atoms with E-state index in [-0.39, 0.29) is 30.2 Å². The van der Waals surface area contributed by atoms with Gasteiger partial charge in [0.1, 0.15) is 0 Å². The lowest BCUT2D eigenvalue weighted by Crippen LogP contribution is -2.51. The Morgan fingerprint density at radius 1 is 1.23 bits per heavy atom. The predicted molar refractivity (Wildman–Crippen MR) is 93.9 cm³/mol. The second-order valence-corrected chi connectivity index (χ2v) is 7.49. The molecule has 1 saturated carbocycles. The summed E-state index contributed by atoms with van der Waals surface area (Å²) in [6.45, 7) is 5.22. The molecule has 0 saturated heterocycles. The molecule has 0 aromatic heterocycles. The van der Waals surface area contributed by atoms with Gasteiger partial charge >= 0.3 is 6.18 Å². The monoisotopic (exact) mass is 370 g/mol. The van der Waals surface area contributed by atoms with Gasteiger partial charge in [-0.3, -0.25) is 9.59 Å². The fraction of sp³-hybridized carbons (Fsp3) is 0.579. The number of anilines is 1. The summed E-state index contributed by atoms with van der Waals surface area (Å²) in [6.07, 6.45) is -3.28. The molecule has 0 radical (unpaired) electrons. The molecule has 0 spiro atoms. The van der Waals surface area contributed by atoms with Crippen LogP contribution >= 0.6 is 0 Å². The lowest BCUT2D eigenvalue weighted by molar-refractivity contribution is -0.247. The minimum absolute atomic E-state index is 0.0522. The molecule has 1 fully saturated rings. The average molecular weight is 370 g/mol. The van der Waals surface area contributed by atoms with Crippen molar-refractivity contribution in [3.63, 3.8) is 0 Å². The predicted octanol–water partition coefficient (Wildman–Crippen LogP) is 4.44. The van der Waals surface area contributed by atoms with Crippen molar-refractivity contribution >= 4 is 17.5 Å². The standard InChI is InChI=1S/C19H25F3N2O2/c1-12(2)9-16(25)24-15-6-5-14(10-13(15)3)17(26)23-11-18(7-4-8-18)19(20,21)22/h5-6,10,12H,4,7-9,11H2,1-3H3,(H,23,26)(H,24,25). The molecule has 1 aliphatic carbocycles. The molecule has 0 aliphatic heterocycles. The number of halogens is 3. The van der Waals surface area contributed by atoms with Crippen LogP contribution in [-0.4, -0.2) is 24.5 Å². The van der Waals surface area contributed by atoms with Crippen molar-refractivity contribution in [2.75, 3.05) is 11.9 Å². The van der Waals surface area contributed by atoms with Crippen LogP contribution in [0.3, 0.4) is 0 Å². The van der Waals surface area contributed by atoms with Gasteiger partial charge in [0.25, 0.3) is 5.91 Å². The molecule has 1 aromatic rings. The van der Waals surface area contributed by atoms with E-state index in [0.29, 0.717) is 24.1 Å². The Hall–Kier alpha value is -2.05. The number of benzene rings is 1.